The summed E-state index contributed by atoms with van der Waals surface area (Å²) in [5.74, 6) is 0. The molecule has 0 amide bonds. The van der Waals surface area contributed by atoms with Crippen LogP contribution in [0.25, 0.3) is 12.2 Å². The summed E-state index contributed by atoms with van der Waals surface area (Å²) in [4.78, 5) is 3.97. The van der Waals surface area contributed by atoms with Crippen LogP contribution >= 0.6 is 0 Å². The van der Waals surface area contributed by atoms with Crippen molar-refractivity contribution in [2.45, 2.75) is 0 Å². The number of rotatable bonds is 0. The van der Waals surface area contributed by atoms with E-state index in [1.54, 1.807) is 6.20 Å². The zero-order chi connectivity index (χ0) is 6.10. The Bertz CT molecular complexity index is 266. The highest BCUT2D eigenvalue weighted by Crippen LogP contribution is 2.14. The molecule has 0 unspecified atom stereocenters. The molecule has 0 bridgehead atoms. The van der Waals surface area contributed by atoms with Crippen molar-refractivity contribution < 1.29 is 0 Å². The first-order valence-electron chi connectivity index (χ1n) is 2.83. The minimum Gasteiger partial charge on any atom is -0.264 e. The lowest BCUT2D eigenvalue weighted by Gasteiger charge is -1.90. The molecule has 0 aromatic carbocycles. The van der Waals surface area contributed by atoms with E-state index >= 15 is 0 Å². The molecule has 1 heterocycles. The molecular weight excluding hydrogens is 110 g/mol. The lowest BCUT2D eigenvalue weighted by molar-refractivity contribution is 1.31. The van der Waals surface area contributed by atoms with Gasteiger partial charge in [-0.2, -0.15) is 0 Å². The van der Waals surface area contributed by atoms with E-state index in [1.807, 2.05) is 24.4 Å². The van der Waals surface area contributed by atoms with Gasteiger partial charge >= 0.3 is 0 Å². The van der Waals surface area contributed by atoms with E-state index in [9.17, 15) is 0 Å². The summed E-state index contributed by atoms with van der Waals surface area (Å²) in [5, 5.41) is 0. The molecule has 0 atom stereocenters. The second-order valence-corrected chi connectivity index (χ2v) is 1.96. The largest absolute Gasteiger partial charge is 0.264 e. The SMILES string of the molecule is C1=Cc2ccncc2C=1. The molecule has 1 aliphatic rings. The van der Waals surface area contributed by atoms with Gasteiger partial charge in [0.05, 0.1) is 0 Å². The third-order valence-corrected chi connectivity index (χ3v) is 1.36. The van der Waals surface area contributed by atoms with E-state index in [0.717, 1.165) is 5.56 Å². The van der Waals surface area contributed by atoms with Gasteiger partial charge in [0.25, 0.3) is 0 Å². The first kappa shape index (κ1) is 4.54. The predicted octanol–water partition coefficient (Wildman–Crippen LogP) is 1.72. The number of hydrogen-bond donors (Lipinski definition) is 0. The highest BCUT2D eigenvalue weighted by Gasteiger charge is 1.96. The maximum Gasteiger partial charge on any atom is 0.0352 e. The second-order valence-electron chi connectivity index (χ2n) is 1.96. The van der Waals surface area contributed by atoms with Crippen LogP contribution in [0.2, 0.25) is 0 Å². The Morgan fingerprint density at radius 1 is 1.22 bits per heavy atom. The maximum atomic E-state index is 3.97. The van der Waals surface area contributed by atoms with Crippen LogP contribution in [0, 0.1) is 0 Å². The summed E-state index contributed by atoms with van der Waals surface area (Å²) in [6, 6.07) is 1.98. The highest BCUT2D eigenvalue weighted by molar-refractivity contribution is 5.71. The lowest BCUT2D eigenvalue weighted by atomic mass is 10.2. The number of hydrogen-bond acceptors (Lipinski definition) is 1. The summed E-state index contributed by atoms with van der Waals surface area (Å²) in [5.41, 5.74) is 5.38. The highest BCUT2D eigenvalue weighted by atomic mass is 14.6. The fourth-order valence-electron chi connectivity index (χ4n) is 0.891. The minimum atomic E-state index is 1.16. The molecule has 0 fully saturated rings. The van der Waals surface area contributed by atoms with Gasteiger partial charge in [-0.05, 0) is 23.8 Å². The van der Waals surface area contributed by atoms with Crippen LogP contribution in [0.4, 0.5) is 0 Å². The standard InChI is InChI=1S/C8H5N/c1-2-7-4-5-9-6-8(7)3-1/h2-6H. The molecule has 9 heavy (non-hydrogen) atoms. The minimum absolute atomic E-state index is 1.16. The Kier molecular flexibility index (Phi) is 0.794. The molecule has 1 nitrogen and oxygen atoms in total. The average molecular weight is 115 g/mol. The van der Waals surface area contributed by atoms with Crippen molar-refractivity contribution in [1.82, 2.24) is 4.98 Å². The van der Waals surface area contributed by atoms with Crippen LogP contribution < -0.4 is 0 Å². The molecule has 1 aromatic heterocycles. The van der Waals surface area contributed by atoms with E-state index in [4.69, 9.17) is 0 Å². The van der Waals surface area contributed by atoms with Crippen LogP contribution in [0.15, 0.2) is 24.2 Å². The number of pyridine rings is 1. The maximum absolute atomic E-state index is 3.97. The summed E-state index contributed by atoms with van der Waals surface area (Å²) in [7, 11) is 0. The Morgan fingerprint density at radius 2 is 2.11 bits per heavy atom. The third-order valence-electron chi connectivity index (χ3n) is 1.36. The van der Waals surface area contributed by atoms with Crippen LogP contribution in [-0.2, 0) is 0 Å². The zero-order valence-corrected chi connectivity index (χ0v) is 4.83. The molecule has 0 aliphatic heterocycles. The van der Waals surface area contributed by atoms with Crippen LogP contribution in [0.1, 0.15) is 11.1 Å². The van der Waals surface area contributed by atoms with Crippen molar-refractivity contribution >= 4 is 12.2 Å². The Balaban J connectivity index is 2.72. The van der Waals surface area contributed by atoms with E-state index < -0.39 is 0 Å². The molecule has 0 saturated heterocycles. The van der Waals surface area contributed by atoms with E-state index in [0.29, 0.717) is 0 Å². The summed E-state index contributed by atoms with van der Waals surface area (Å²) >= 11 is 0. The van der Waals surface area contributed by atoms with E-state index in [-0.39, 0.29) is 0 Å². The molecule has 1 aromatic rings. The van der Waals surface area contributed by atoms with Crippen LogP contribution in [-0.4, -0.2) is 4.98 Å². The molecule has 0 radical (unpaired) electrons. The molecule has 0 spiro atoms. The third kappa shape index (κ3) is 0.592. The summed E-state index contributed by atoms with van der Waals surface area (Å²) in [6.07, 6.45) is 7.52. The van der Waals surface area contributed by atoms with Gasteiger partial charge in [0.15, 0.2) is 0 Å². The summed E-state index contributed by atoms with van der Waals surface area (Å²) in [6.45, 7) is 0. The van der Waals surface area contributed by atoms with Crippen LogP contribution in [0.3, 0.4) is 0 Å². The van der Waals surface area contributed by atoms with Gasteiger partial charge in [-0.15, -0.1) is 5.73 Å². The molecule has 0 saturated carbocycles. The number of nitrogens with zero attached hydrogens (tertiary/aromatic N) is 1. The van der Waals surface area contributed by atoms with Crippen molar-refractivity contribution in [2.24, 2.45) is 0 Å². The van der Waals surface area contributed by atoms with Gasteiger partial charge < -0.3 is 0 Å². The van der Waals surface area contributed by atoms with Crippen molar-refractivity contribution in [3.8, 4) is 0 Å². The first-order valence-corrected chi connectivity index (χ1v) is 2.83. The normalized spacial score (nSPS) is 12.0. The van der Waals surface area contributed by atoms with Crippen molar-refractivity contribution in [3.05, 3.63) is 35.3 Å². The molecule has 0 N–H and O–H groups in total. The van der Waals surface area contributed by atoms with Crippen LogP contribution in [0.5, 0.6) is 0 Å². The number of fused-ring (bicyclic) bond motifs is 1. The summed E-state index contributed by atoms with van der Waals surface area (Å²) < 4.78 is 0. The average Bonchev–Trinajstić information content (AvgIpc) is 2.33. The Hall–Kier alpha value is -1.33. The van der Waals surface area contributed by atoms with Gasteiger partial charge in [0.1, 0.15) is 0 Å². The zero-order valence-electron chi connectivity index (χ0n) is 4.83. The van der Waals surface area contributed by atoms with Crippen molar-refractivity contribution in [3.63, 3.8) is 0 Å². The Morgan fingerprint density at radius 3 is 3.00 bits per heavy atom. The first-order chi connectivity index (χ1) is 4.47. The smallest absolute Gasteiger partial charge is 0.0352 e. The van der Waals surface area contributed by atoms with Gasteiger partial charge in [0, 0.05) is 18.0 Å². The number of aromatic nitrogens is 1. The molecular formula is C8H5N. The van der Waals surface area contributed by atoms with Crippen molar-refractivity contribution in [1.29, 1.82) is 0 Å². The van der Waals surface area contributed by atoms with E-state index in [2.05, 4.69) is 10.7 Å². The fourth-order valence-corrected chi connectivity index (χ4v) is 0.891. The molecule has 42 valence electrons. The van der Waals surface area contributed by atoms with Gasteiger partial charge in [0.2, 0.25) is 0 Å². The lowest BCUT2D eigenvalue weighted by Crippen LogP contribution is -1.76. The quantitative estimate of drug-likeness (QED) is 0.476. The predicted molar refractivity (Wildman–Crippen MR) is 36.7 cm³/mol. The molecule has 1 aliphatic carbocycles. The Labute approximate surface area is 53.4 Å². The van der Waals surface area contributed by atoms with Gasteiger partial charge in [-0.1, -0.05) is 0 Å². The van der Waals surface area contributed by atoms with Gasteiger partial charge in [-0.3, -0.25) is 4.98 Å². The van der Waals surface area contributed by atoms with E-state index in [1.165, 1.54) is 5.56 Å². The fraction of sp³-hybridized carbons (Fsp3) is 0. The molecule has 1 heteroatoms. The second kappa shape index (κ2) is 1.57. The van der Waals surface area contributed by atoms with Crippen molar-refractivity contribution in [2.75, 3.05) is 0 Å². The molecule has 2 rings (SSSR count). The monoisotopic (exact) mass is 115 g/mol. The van der Waals surface area contributed by atoms with Gasteiger partial charge in [-0.25, -0.2) is 0 Å². The topological polar surface area (TPSA) is 12.9 Å².